The monoisotopic (exact) mass is 337 g/mol. The molecule has 0 saturated carbocycles. The molecule has 8 nitrogen and oxygen atoms in total. The third kappa shape index (κ3) is 2.63. The van der Waals surface area contributed by atoms with Gasteiger partial charge in [-0.05, 0) is 28.9 Å². The summed E-state index contributed by atoms with van der Waals surface area (Å²) in [6.07, 6.45) is 0.867. The van der Waals surface area contributed by atoms with Crippen LogP contribution in [0.3, 0.4) is 0 Å². The third-order valence-corrected chi connectivity index (χ3v) is 6.56. The standard InChI is InChI=1S/C14H19N5O3S/c20-23(21,13-3-1-2-12-14(13)17-22-16-12)19-7-4-11(10-19)18-8-5-15-6-9-18/h1-3,11,15H,4-10H2. The van der Waals surface area contributed by atoms with Gasteiger partial charge in [0.25, 0.3) is 0 Å². The number of aromatic nitrogens is 2. The van der Waals surface area contributed by atoms with Gasteiger partial charge in [-0.2, -0.15) is 4.31 Å². The van der Waals surface area contributed by atoms with Crippen LogP contribution in [-0.4, -0.2) is 73.2 Å². The highest BCUT2D eigenvalue weighted by Gasteiger charge is 2.36. The van der Waals surface area contributed by atoms with Crippen molar-refractivity contribution in [3.8, 4) is 0 Å². The molecule has 2 aliphatic rings. The van der Waals surface area contributed by atoms with Crippen molar-refractivity contribution in [1.29, 1.82) is 0 Å². The highest BCUT2D eigenvalue weighted by atomic mass is 32.2. The minimum Gasteiger partial charge on any atom is -0.314 e. The Labute approximate surface area is 134 Å². The minimum atomic E-state index is -3.58. The van der Waals surface area contributed by atoms with Crippen molar-refractivity contribution in [2.45, 2.75) is 17.4 Å². The Balaban J connectivity index is 1.59. The number of nitrogens with one attached hydrogen (secondary N) is 1. The molecule has 4 rings (SSSR count). The first-order valence-electron chi connectivity index (χ1n) is 7.82. The third-order valence-electron chi connectivity index (χ3n) is 4.66. The molecule has 1 aromatic heterocycles. The molecule has 0 amide bonds. The molecule has 1 N–H and O–H groups in total. The molecular weight excluding hydrogens is 318 g/mol. The lowest BCUT2D eigenvalue weighted by Gasteiger charge is -2.32. The summed E-state index contributed by atoms with van der Waals surface area (Å²) >= 11 is 0. The number of benzene rings is 1. The largest absolute Gasteiger partial charge is 0.314 e. The molecule has 1 atom stereocenters. The Bertz CT molecular complexity index is 800. The fourth-order valence-corrected chi connectivity index (χ4v) is 5.03. The topological polar surface area (TPSA) is 91.6 Å². The SMILES string of the molecule is O=S(=O)(c1cccc2nonc12)N1CCC(N2CCNCC2)C1. The van der Waals surface area contributed by atoms with Gasteiger partial charge in [-0.1, -0.05) is 6.07 Å². The van der Waals surface area contributed by atoms with Crippen molar-refractivity contribution in [2.75, 3.05) is 39.3 Å². The Morgan fingerprint density at radius 3 is 2.83 bits per heavy atom. The van der Waals surface area contributed by atoms with Gasteiger partial charge in [-0.25, -0.2) is 13.0 Å². The number of nitrogens with zero attached hydrogens (tertiary/aromatic N) is 4. The van der Waals surface area contributed by atoms with Crippen LogP contribution in [0.2, 0.25) is 0 Å². The Morgan fingerprint density at radius 2 is 2.00 bits per heavy atom. The predicted octanol–water partition coefficient (Wildman–Crippen LogP) is -0.109. The Morgan fingerprint density at radius 1 is 1.17 bits per heavy atom. The Kier molecular flexibility index (Phi) is 3.80. The zero-order valence-corrected chi connectivity index (χ0v) is 13.5. The van der Waals surface area contributed by atoms with Crippen LogP contribution in [0, 0.1) is 0 Å². The predicted molar refractivity (Wildman–Crippen MR) is 83.4 cm³/mol. The maximum atomic E-state index is 13.0. The number of fused-ring (bicyclic) bond motifs is 1. The lowest BCUT2D eigenvalue weighted by Crippen LogP contribution is -2.49. The van der Waals surface area contributed by atoms with Crippen LogP contribution in [0.4, 0.5) is 0 Å². The van der Waals surface area contributed by atoms with Gasteiger partial charge in [0.15, 0.2) is 5.52 Å². The maximum Gasteiger partial charge on any atom is 0.245 e. The molecule has 2 saturated heterocycles. The van der Waals surface area contributed by atoms with Gasteiger partial charge in [0, 0.05) is 45.3 Å². The van der Waals surface area contributed by atoms with Crippen LogP contribution in [0.5, 0.6) is 0 Å². The van der Waals surface area contributed by atoms with E-state index >= 15 is 0 Å². The lowest BCUT2D eigenvalue weighted by molar-refractivity contribution is 0.179. The molecule has 3 heterocycles. The van der Waals surface area contributed by atoms with E-state index < -0.39 is 10.0 Å². The van der Waals surface area contributed by atoms with E-state index in [1.54, 1.807) is 22.5 Å². The summed E-state index contributed by atoms with van der Waals surface area (Å²) in [5.74, 6) is 0. The summed E-state index contributed by atoms with van der Waals surface area (Å²) in [5.41, 5.74) is 0.766. The lowest BCUT2D eigenvalue weighted by atomic mass is 10.2. The van der Waals surface area contributed by atoms with Crippen molar-refractivity contribution >= 4 is 21.1 Å². The van der Waals surface area contributed by atoms with E-state index in [4.69, 9.17) is 0 Å². The first-order chi connectivity index (χ1) is 11.2. The van der Waals surface area contributed by atoms with Crippen LogP contribution >= 0.6 is 0 Å². The highest BCUT2D eigenvalue weighted by molar-refractivity contribution is 7.89. The number of sulfonamides is 1. The molecule has 2 fully saturated rings. The molecular formula is C14H19N5O3S. The van der Waals surface area contributed by atoms with E-state index in [0.717, 1.165) is 32.6 Å². The molecule has 2 aromatic rings. The number of rotatable bonds is 3. The Hall–Kier alpha value is -1.55. The van der Waals surface area contributed by atoms with Gasteiger partial charge < -0.3 is 5.32 Å². The number of hydrogen-bond acceptors (Lipinski definition) is 7. The minimum absolute atomic E-state index is 0.178. The van der Waals surface area contributed by atoms with E-state index in [-0.39, 0.29) is 4.90 Å². The summed E-state index contributed by atoms with van der Waals surface area (Å²) in [4.78, 5) is 2.56. The van der Waals surface area contributed by atoms with Crippen LogP contribution in [0.25, 0.3) is 11.0 Å². The number of hydrogen-bond donors (Lipinski definition) is 1. The van der Waals surface area contributed by atoms with Crippen molar-refractivity contribution in [1.82, 2.24) is 24.8 Å². The second-order valence-corrected chi connectivity index (χ2v) is 7.89. The average Bonchev–Trinajstić information content (AvgIpc) is 3.24. The van der Waals surface area contributed by atoms with E-state index in [9.17, 15) is 8.42 Å². The summed E-state index contributed by atoms with van der Waals surface area (Å²) in [7, 11) is -3.58. The maximum absolute atomic E-state index is 13.0. The van der Waals surface area contributed by atoms with Gasteiger partial charge in [-0.3, -0.25) is 4.90 Å². The molecule has 9 heteroatoms. The van der Waals surface area contributed by atoms with Crippen molar-refractivity contribution < 1.29 is 13.0 Å². The average molecular weight is 337 g/mol. The zero-order valence-electron chi connectivity index (χ0n) is 12.7. The first kappa shape index (κ1) is 15.0. The molecule has 2 aliphatic heterocycles. The van der Waals surface area contributed by atoms with Gasteiger partial charge in [0.05, 0.1) is 0 Å². The second-order valence-electron chi connectivity index (χ2n) is 5.98. The van der Waals surface area contributed by atoms with Gasteiger partial charge in [-0.15, -0.1) is 0 Å². The molecule has 124 valence electrons. The normalized spacial score (nSPS) is 24.4. The van der Waals surface area contributed by atoms with Crippen LogP contribution in [0.15, 0.2) is 27.7 Å². The van der Waals surface area contributed by atoms with Crippen LogP contribution < -0.4 is 5.32 Å². The second kappa shape index (κ2) is 5.82. The fraction of sp³-hybridized carbons (Fsp3) is 0.571. The zero-order chi connectivity index (χ0) is 15.9. The van der Waals surface area contributed by atoms with E-state index in [0.29, 0.717) is 30.2 Å². The molecule has 0 spiro atoms. The smallest absolute Gasteiger partial charge is 0.245 e. The molecule has 0 aliphatic carbocycles. The molecule has 1 aromatic carbocycles. The van der Waals surface area contributed by atoms with Crippen molar-refractivity contribution in [3.63, 3.8) is 0 Å². The molecule has 0 radical (unpaired) electrons. The van der Waals surface area contributed by atoms with Gasteiger partial charge in [0.1, 0.15) is 10.4 Å². The quantitative estimate of drug-likeness (QED) is 0.835. The molecule has 1 unspecified atom stereocenters. The van der Waals surface area contributed by atoms with E-state index in [1.165, 1.54) is 0 Å². The van der Waals surface area contributed by atoms with E-state index in [2.05, 4.69) is 25.2 Å². The first-order valence-corrected chi connectivity index (χ1v) is 9.26. The molecule has 0 bridgehead atoms. The summed E-state index contributed by atoms with van der Waals surface area (Å²) in [6, 6.07) is 5.23. The van der Waals surface area contributed by atoms with Crippen LogP contribution in [-0.2, 0) is 10.0 Å². The van der Waals surface area contributed by atoms with Crippen LogP contribution in [0.1, 0.15) is 6.42 Å². The summed E-state index contributed by atoms with van der Waals surface area (Å²) in [6.45, 7) is 4.95. The van der Waals surface area contributed by atoms with Gasteiger partial charge in [0.2, 0.25) is 10.0 Å². The van der Waals surface area contributed by atoms with Crippen molar-refractivity contribution in [2.24, 2.45) is 0 Å². The van der Waals surface area contributed by atoms with Crippen molar-refractivity contribution in [3.05, 3.63) is 18.2 Å². The fourth-order valence-electron chi connectivity index (χ4n) is 3.40. The molecule has 23 heavy (non-hydrogen) atoms. The summed E-state index contributed by atoms with van der Waals surface area (Å²) < 4.78 is 32.2. The van der Waals surface area contributed by atoms with E-state index in [1.807, 2.05) is 0 Å². The highest BCUT2D eigenvalue weighted by Crippen LogP contribution is 2.27. The summed E-state index contributed by atoms with van der Waals surface area (Å²) in [5, 5.41) is 10.8. The van der Waals surface area contributed by atoms with Gasteiger partial charge >= 0.3 is 0 Å². The number of piperazine rings is 1.